The van der Waals surface area contributed by atoms with Gasteiger partial charge in [0.1, 0.15) is 0 Å². The summed E-state index contributed by atoms with van der Waals surface area (Å²) in [5.74, 6) is -19.8. The van der Waals surface area contributed by atoms with Crippen LogP contribution in [-0.4, -0.2) is 5.92 Å². The molecule has 0 amide bonds. The normalized spacial score (nSPS) is 12.9. The van der Waals surface area contributed by atoms with Crippen molar-refractivity contribution < 1.29 is 35.1 Å². The molecule has 1 aromatic rings. The molecule has 0 nitrogen and oxygen atoms in total. The number of hydrogen-bond acceptors (Lipinski definition) is 0. The fourth-order valence-electron chi connectivity index (χ4n) is 1.14. The second kappa shape index (κ2) is 4.40. The molecule has 0 aromatic heterocycles. The number of benzene rings is 1. The number of alkyl halides is 4. The van der Waals surface area contributed by atoms with Crippen molar-refractivity contribution in [1.29, 1.82) is 0 Å². The van der Waals surface area contributed by atoms with Crippen molar-refractivity contribution in [3.05, 3.63) is 34.9 Å². The Labute approximate surface area is 96.2 Å². The van der Waals surface area contributed by atoms with E-state index in [1.807, 2.05) is 0 Å². The summed E-state index contributed by atoms with van der Waals surface area (Å²) in [6, 6.07) is 0.779. The van der Waals surface area contributed by atoms with Crippen LogP contribution in [0.1, 0.15) is 18.9 Å². The first-order chi connectivity index (χ1) is 8.06. The fourth-order valence-corrected chi connectivity index (χ4v) is 1.14. The predicted octanol–water partition coefficient (Wildman–Crippen LogP) is 4.18. The summed E-state index contributed by atoms with van der Waals surface area (Å²) in [6.07, 6.45) is -1.41. The molecule has 0 fully saturated rings. The molecule has 0 spiro atoms. The van der Waals surface area contributed by atoms with Crippen molar-refractivity contribution in [1.82, 2.24) is 0 Å². The lowest BCUT2D eigenvalue weighted by Crippen LogP contribution is -2.38. The third kappa shape index (κ3) is 2.04. The molecule has 0 aliphatic carbocycles. The largest absolute Gasteiger partial charge is 0.338 e. The van der Waals surface area contributed by atoms with E-state index in [1.54, 1.807) is 0 Å². The molecule has 1 aromatic carbocycles. The van der Waals surface area contributed by atoms with E-state index in [0.29, 0.717) is 6.92 Å². The van der Waals surface area contributed by atoms with Gasteiger partial charge in [0.15, 0.2) is 23.3 Å². The van der Waals surface area contributed by atoms with Gasteiger partial charge in [-0.25, -0.2) is 17.6 Å². The Morgan fingerprint density at radius 1 is 0.889 bits per heavy atom. The first kappa shape index (κ1) is 14.7. The molecular formula is C10H5F8. The highest BCUT2D eigenvalue weighted by Crippen LogP contribution is 2.46. The van der Waals surface area contributed by atoms with E-state index < -0.39 is 47.1 Å². The third-order valence-electron chi connectivity index (χ3n) is 2.25. The van der Waals surface area contributed by atoms with E-state index in [-0.39, 0.29) is 0 Å². The van der Waals surface area contributed by atoms with Crippen LogP contribution >= 0.6 is 0 Å². The minimum atomic E-state index is -5.21. The smallest absolute Gasteiger partial charge is 0.203 e. The van der Waals surface area contributed by atoms with Crippen LogP contribution in [0.5, 0.6) is 0 Å². The maximum Gasteiger partial charge on any atom is 0.338 e. The minimum absolute atomic E-state index is 0.669. The van der Waals surface area contributed by atoms with E-state index in [4.69, 9.17) is 0 Å². The second-order valence-electron chi connectivity index (χ2n) is 3.39. The molecule has 1 rings (SSSR count). The van der Waals surface area contributed by atoms with Crippen LogP contribution in [0.25, 0.3) is 0 Å². The molecule has 8 heteroatoms. The van der Waals surface area contributed by atoms with Crippen LogP contribution in [0, 0.1) is 29.3 Å². The quantitative estimate of drug-likeness (QED) is 0.441. The molecule has 0 aliphatic heterocycles. The Balaban J connectivity index is 3.52. The van der Waals surface area contributed by atoms with E-state index in [9.17, 15) is 35.1 Å². The molecule has 0 unspecified atom stereocenters. The molecule has 0 saturated heterocycles. The molecule has 0 bridgehead atoms. The van der Waals surface area contributed by atoms with Gasteiger partial charge in [-0.05, 0) is 0 Å². The number of rotatable bonds is 3. The average Bonchev–Trinajstić information content (AvgIpc) is 2.30. The third-order valence-corrected chi connectivity index (χ3v) is 2.25. The van der Waals surface area contributed by atoms with Crippen molar-refractivity contribution in [2.24, 2.45) is 0 Å². The van der Waals surface area contributed by atoms with Crippen LogP contribution in [0.3, 0.4) is 0 Å². The zero-order chi connectivity index (χ0) is 14.3. The molecule has 0 atom stereocenters. The topological polar surface area (TPSA) is 0 Å². The summed E-state index contributed by atoms with van der Waals surface area (Å²) >= 11 is 0. The first-order valence-corrected chi connectivity index (χ1v) is 4.57. The van der Waals surface area contributed by atoms with E-state index in [1.165, 1.54) is 0 Å². The van der Waals surface area contributed by atoms with Gasteiger partial charge in [-0.1, -0.05) is 6.92 Å². The Morgan fingerprint density at radius 2 is 1.39 bits per heavy atom. The lowest BCUT2D eigenvalue weighted by atomic mass is 9.99. The molecule has 1 radical (unpaired) electrons. The molecular weight excluding hydrogens is 272 g/mol. The van der Waals surface area contributed by atoms with Crippen LogP contribution in [0.4, 0.5) is 35.1 Å². The molecule has 18 heavy (non-hydrogen) atoms. The fraction of sp³-hybridized carbons (Fsp3) is 0.400. The van der Waals surface area contributed by atoms with E-state index in [0.717, 1.165) is 6.07 Å². The maximum absolute atomic E-state index is 13.2. The second-order valence-corrected chi connectivity index (χ2v) is 3.39. The Kier molecular flexibility index (Phi) is 3.60. The van der Waals surface area contributed by atoms with Crippen molar-refractivity contribution in [2.75, 3.05) is 0 Å². The molecule has 0 heterocycles. The number of halogens is 8. The van der Waals surface area contributed by atoms with Gasteiger partial charge in [0.05, 0.1) is 5.56 Å². The summed E-state index contributed by atoms with van der Waals surface area (Å²) in [6.45, 7) is 0.669. The molecule has 0 saturated carbocycles. The van der Waals surface area contributed by atoms with Gasteiger partial charge in [0, 0.05) is 12.5 Å². The zero-order valence-corrected chi connectivity index (χ0v) is 8.73. The summed E-state index contributed by atoms with van der Waals surface area (Å²) in [7, 11) is 0. The first-order valence-electron chi connectivity index (χ1n) is 4.57. The van der Waals surface area contributed by atoms with Crippen LogP contribution in [0.15, 0.2) is 0 Å². The molecule has 101 valence electrons. The Morgan fingerprint density at radius 3 is 1.83 bits per heavy atom. The number of hydrogen-bond donors (Lipinski definition) is 0. The minimum Gasteiger partial charge on any atom is -0.203 e. The van der Waals surface area contributed by atoms with E-state index in [2.05, 4.69) is 0 Å². The van der Waals surface area contributed by atoms with Crippen molar-refractivity contribution >= 4 is 0 Å². The maximum atomic E-state index is 13.2. The monoisotopic (exact) mass is 277 g/mol. The summed E-state index contributed by atoms with van der Waals surface area (Å²) in [5.41, 5.74) is -2.34. The zero-order valence-electron chi connectivity index (χ0n) is 8.73. The van der Waals surface area contributed by atoms with Gasteiger partial charge >= 0.3 is 11.8 Å². The molecule has 0 aliphatic rings. The van der Waals surface area contributed by atoms with Crippen molar-refractivity contribution in [3.8, 4) is 0 Å². The van der Waals surface area contributed by atoms with Gasteiger partial charge in [0.25, 0.3) is 0 Å². The van der Waals surface area contributed by atoms with Crippen molar-refractivity contribution in [2.45, 2.75) is 25.2 Å². The lowest BCUT2D eigenvalue weighted by Gasteiger charge is -2.26. The standard InChI is InChI=1S/C10H5F8/c1-2-9(15,16)10(17,18)4-3-5(11)7(13)8(14)6(4)12/h2H2,1H3. The highest BCUT2D eigenvalue weighted by Gasteiger charge is 2.58. The van der Waals surface area contributed by atoms with Crippen molar-refractivity contribution in [3.63, 3.8) is 0 Å². The Hall–Kier alpha value is -1.34. The lowest BCUT2D eigenvalue weighted by molar-refractivity contribution is -0.218. The highest BCUT2D eigenvalue weighted by molar-refractivity contribution is 5.26. The van der Waals surface area contributed by atoms with Gasteiger partial charge in [0.2, 0.25) is 0 Å². The van der Waals surface area contributed by atoms with Crippen LogP contribution in [0.2, 0.25) is 0 Å². The van der Waals surface area contributed by atoms with E-state index >= 15 is 0 Å². The summed E-state index contributed by atoms with van der Waals surface area (Å²) in [5, 5.41) is 0. The van der Waals surface area contributed by atoms with Gasteiger partial charge < -0.3 is 0 Å². The summed E-state index contributed by atoms with van der Waals surface area (Å²) < 4.78 is 103. The van der Waals surface area contributed by atoms with Gasteiger partial charge in [-0.2, -0.15) is 17.6 Å². The van der Waals surface area contributed by atoms with Gasteiger partial charge in [-0.15, -0.1) is 0 Å². The highest BCUT2D eigenvalue weighted by atomic mass is 19.3. The summed E-state index contributed by atoms with van der Waals surface area (Å²) in [4.78, 5) is 0. The SMILES string of the molecule is CCC(F)(F)C(F)(F)c1[c]c(F)c(F)c(F)c1F. The predicted molar refractivity (Wildman–Crippen MR) is 44.2 cm³/mol. The van der Waals surface area contributed by atoms with Gasteiger partial charge in [-0.3, -0.25) is 0 Å². The van der Waals surface area contributed by atoms with Crippen LogP contribution < -0.4 is 0 Å². The Bertz CT molecular complexity index is 465. The average molecular weight is 277 g/mol. The van der Waals surface area contributed by atoms with Crippen LogP contribution in [-0.2, 0) is 5.92 Å². The molecule has 0 N–H and O–H groups in total.